The standard InChI is InChI=1S/C15H19N3O2S/c1-3-18(14-6-8-17-9-7-14)21(19,20)15-5-4-13(11-16)10-12(15)2/h4-10H,3,11,16H2,1-2H3. The first-order chi connectivity index (χ1) is 10.0. The fourth-order valence-electron chi connectivity index (χ4n) is 2.25. The number of anilines is 1. The fraction of sp³-hybridized carbons (Fsp3) is 0.267. The van der Waals surface area contributed by atoms with E-state index in [4.69, 9.17) is 5.73 Å². The summed E-state index contributed by atoms with van der Waals surface area (Å²) in [5.74, 6) is 0. The normalized spacial score (nSPS) is 11.4. The highest BCUT2D eigenvalue weighted by Crippen LogP contribution is 2.25. The number of sulfonamides is 1. The number of aryl methyl sites for hydroxylation is 1. The van der Waals surface area contributed by atoms with Gasteiger partial charge in [-0.1, -0.05) is 12.1 Å². The number of pyridine rings is 1. The summed E-state index contributed by atoms with van der Waals surface area (Å²) in [6.07, 6.45) is 3.16. The Hall–Kier alpha value is -1.92. The van der Waals surface area contributed by atoms with Crippen LogP contribution >= 0.6 is 0 Å². The zero-order valence-corrected chi connectivity index (χ0v) is 13.0. The Morgan fingerprint density at radius 3 is 2.38 bits per heavy atom. The summed E-state index contributed by atoms with van der Waals surface area (Å²) >= 11 is 0. The third-order valence-corrected chi connectivity index (χ3v) is 5.34. The molecule has 0 amide bonds. The summed E-state index contributed by atoms with van der Waals surface area (Å²) in [6, 6.07) is 8.56. The first kappa shape index (κ1) is 15.5. The van der Waals surface area contributed by atoms with E-state index in [2.05, 4.69) is 4.98 Å². The Kier molecular flexibility index (Phi) is 4.59. The van der Waals surface area contributed by atoms with Gasteiger partial charge in [0.2, 0.25) is 0 Å². The van der Waals surface area contributed by atoms with Gasteiger partial charge in [-0.2, -0.15) is 0 Å². The smallest absolute Gasteiger partial charge is 0.264 e. The fourth-order valence-corrected chi connectivity index (χ4v) is 3.93. The average Bonchev–Trinajstić information content (AvgIpc) is 2.48. The molecule has 0 aliphatic carbocycles. The maximum absolute atomic E-state index is 12.9. The lowest BCUT2D eigenvalue weighted by Crippen LogP contribution is -2.31. The molecule has 0 unspecified atom stereocenters. The van der Waals surface area contributed by atoms with E-state index in [1.54, 1.807) is 43.6 Å². The molecule has 0 bridgehead atoms. The Balaban J connectivity index is 2.50. The lowest BCUT2D eigenvalue weighted by atomic mass is 10.1. The van der Waals surface area contributed by atoms with Gasteiger partial charge in [0.05, 0.1) is 10.6 Å². The monoisotopic (exact) mass is 305 g/mol. The second kappa shape index (κ2) is 6.24. The largest absolute Gasteiger partial charge is 0.326 e. The zero-order chi connectivity index (χ0) is 15.5. The molecule has 2 rings (SSSR count). The average molecular weight is 305 g/mol. The van der Waals surface area contributed by atoms with Crippen LogP contribution in [0.1, 0.15) is 18.1 Å². The van der Waals surface area contributed by atoms with Crippen molar-refractivity contribution in [3.8, 4) is 0 Å². The third kappa shape index (κ3) is 3.06. The molecule has 0 aliphatic heterocycles. The van der Waals surface area contributed by atoms with Crippen LogP contribution in [-0.4, -0.2) is 19.9 Å². The van der Waals surface area contributed by atoms with E-state index >= 15 is 0 Å². The molecule has 5 nitrogen and oxygen atoms in total. The SMILES string of the molecule is CCN(c1ccncc1)S(=O)(=O)c1ccc(CN)cc1C. The van der Waals surface area contributed by atoms with Crippen molar-refractivity contribution in [1.82, 2.24) is 4.98 Å². The molecule has 0 radical (unpaired) electrons. The van der Waals surface area contributed by atoms with Gasteiger partial charge in [-0.15, -0.1) is 0 Å². The molecule has 112 valence electrons. The van der Waals surface area contributed by atoms with Gasteiger partial charge in [0, 0.05) is 25.5 Å². The van der Waals surface area contributed by atoms with E-state index in [1.807, 2.05) is 13.0 Å². The molecule has 0 saturated carbocycles. The molecule has 0 aliphatic rings. The summed E-state index contributed by atoms with van der Waals surface area (Å²) in [6.45, 7) is 4.33. The highest BCUT2D eigenvalue weighted by molar-refractivity contribution is 7.92. The summed E-state index contributed by atoms with van der Waals surface area (Å²) < 4.78 is 27.1. The molecule has 0 spiro atoms. The number of nitrogens with two attached hydrogens (primary N) is 1. The molecule has 0 saturated heterocycles. The summed E-state index contributed by atoms with van der Waals surface area (Å²) in [5, 5.41) is 0. The minimum Gasteiger partial charge on any atom is -0.326 e. The molecule has 21 heavy (non-hydrogen) atoms. The summed E-state index contributed by atoms with van der Waals surface area (Å²) in [4.78, 5) is 4.23. The molecule has 1 aromatic carbocycles. The van der Waals surface area contributed by atoms with Gasteiger partial charge in [-0.25, -0.2) is 8.42 Å². The van der Waals surface area contributed by atoms with Crippen molar-refractivity contribution < 1.29 is 8.42 Å². The molecule has 6 heteroatoms. The molecular weight excluding hydrogens is 286 g/mol. The molecule has 2 N–H and O–H groups in total. The lowest BCUT2D eigenvalue weighted by Gasteiger charge is -2.23. The van der Waals surface area contributed by atoms with Crippen LogP contribution in [0.3, 0.4) is 0 Å². The molecule has 1 heterocycles. The topological polar surface area (TPSA) is 76.3 Å². The number of hydrogen-bond acceptors (Lipinski definition) is 4. The van der Waals surface area contributed by atoms with Crippen molar-refractivity contribution in [3.63, 3.8) is 0 Å². The van der Waals surface area contributed by atoms with Crippen LogP contribution in [0.25, 0.3) is 0 Å². The van der Waals surface area contributed by atoms with Crippen molar-refractivity contribution >= 4 is 15.7 Å². The van der Waals surface area contributed by atoms with Crippen LogP contribution in [0.15, 0.2) is 47.6 Å². The van der Waals surface area contributed by atoms with Crippen LogP contribution in [0, 0.1) is 6.92 Å². The minimum absolute atomic E-state index is 0.304. The zero-order valence-electron chi connectivity index (χ0n) is 12.2. The van der Waals surface area contributed by atoms with Crippen molar-refractivity contribution in [2.45, 2.75) is 25.3 Å². The molecule has 2 aromatic rings. The third-order valence-electron chi connectivity index (χ3n) is 3.28. The first-order valence-electron chi connectivity index (χ1n) is 6.73. The van der Waals surface area contributed by atoms with Crippen LogP contribution < -0.4 is 10.0 Å². The number of hydrogen-bond donors (Lipinski definition) is 1. The van der Waals surface area contributed by atoms with Crippen molar-refractivity contribution in [2.75, 3.05) is 10.8 Å². The number of benzene rings is 1. The van der Waals surface area contributed by atoms with Gasteiger partial charge in [0.15, 0.2) is 0 Å². The van der Waals surface area contributed by atoms with Gasteiger partial charge in [0.25, 0.3) is 10.0 Å². The van der Waals surface area contributed by atoms with Crippen molar-refractivity contribution in [3.05, 3.63) is 53.9 Å². The van der Waals surface area contributed by atoms with E-state index in [9.17, 15) is 8.42 Å². The molecule has 1 aromatic heterocycles. The molecule has 0 atom stereocenters. The quantitative estimate of drug-likeness (QED) is 0.917. The van der Waals surface area contributed by atoms with Gasteiger partial charge < -0.3 is 5.73 Å². The predicted molar refractivity (Wildman–Crippen MR) is 83.5 cm³/mol. The lowest BCUT2D eigenvalue weighted by molar-refractivity contribution is 0.591. The second-order valence-electron chi connectivity index (χ2n) is 4.68. The maximum atomic E-state index is 12.9. The Labute approximate surface area is 125 Å². The van der Waals surface area contributed by atoms with Crippen LogP contribution in [-0.2, 0) is 16.6 Å². The van der Waals surface area contributed by atoms with E-state index in [0.29, 0.717) is 29.2 Å². The minimum atomic E-state index is -3.60. The van der Waals surface area contributed by atoms with Gasteiger partial charge in [0.1, 0.15) is 0 Å². The Morgan fingerprint density at radius 1 is 1.19 bits per heavy atom. The summed E-state index contributed by atoms with van der Waals surface area (Å²) in [5.41, 5.74) is 7.81. The predicted octanol–water partition coefficient (Wildman–Crippen LogP) is 2.06. The first-order valence-corrected chi connectivity index (χ1v) is 8.17. The number of nitrogens with zero attached hydrogens (tertiary/aromatic N) is 2. The Morgan fingerprint density at radius 2 is 1.86 bits per heavy atom. The van der Waals surface area contributed by atoms with E-state index in [-0.39, 0.29) is 0 Å². The van der Waals surface area contributed by atoms with Crippen LogP contribution in [0.4, 0.5) is 5.69 Å². The highest BCUT2D eigenvalue weighted by atomic mass is 32.2. The number of rotatable bonds is 5. The van der Waals surface area contributed by atoms with Crippen LogP contribution in [0.2, 0.25) is 0 Å². The van der Waals surface area contributed by atoms with E-state index < -0.39 is 10.0 Å². The van der Waals surface area contributed by atoms with Gasteiger partial charge in [-0.3, -0.25) is 9.29 Å². The van der Waals surface area contributed by atoms with Gasteiger partial charge in [-0.05, 0) is 43.2 Å². The summed E-state index contributed by atoms with van der Waals surface area (Å²) in [7, 11) is -3.60. The van der Waals surface area contributed by atoms with E-state index in [0.717, 1.165) is 5.56 Å². The van der Waals surface area contributed by atoms with Crippen molar-refractivity contribution in [1.29, 1.82) is 0 Å². The Bertz CT molecular complexity index is 715. The van der Waals surface area contributed by atoms with Crippen molar-refractivity contribution in [2.24, 2.45) is 5.73 Å². The second-order valence-corrected chi connectivity index (χ2v) is 6.51. The molecule has 0 fully saturated rings. The highest BCUT2D eigenvalue weighted by Gasteiger charge is 2.25. The van der Waals surface area contributed by atoms with Gasteiger partial charge >= 0.3 is 0 Å². The molecular formula is C15H19N3O2S. The van der Waals surface area contributed by atoms with Crippen LogP contribution in [0.5, 0.6) is 0 Å². The number of aromatic nitrogens is 1. The van der Waals surface area contributed by atoms with E-state index in [1.165, 1.54) is 4.31 Å². The maximum Gasteiger partial charge on any atom is 0.264 e.